The molecule has 4 nitrogen and oxygen atoms in total. The maximum absolute atomic E-state index is 11.8. The zero-order valence-electron chi connectivity index (χ0n) is 9.40. The van der Waals surface area contributed by atoms with E-state index in [-0.39, 0.29) is 11.9 Å². The van der Waals surface area contributed by atoms with Gasteiger partial charge in [-0.25, -0.2) is 0 Å². The summed E-state index contributed by atoms with van der Waals surface area (Å²) in [6.07, 6.45) is 2.51. The molecule has 4 heteroatoms. The fourth-order valence-electron chi connectivity index (χ4n) is 1.86. The highest BCUT2D eigenvalue weighted by atomic mass is 16.5. The Morgan fingerprint density at radius 2 is 2.44 bits per heavy atom. The lowest BCUT2D eigenvalue weighted by Crippen LogP contribution is -2.11. The number of hydrogen-bond acceptors (Lipinski definition) is 4. The van der Waals surface area contributed by atoms with E-state index in [0.717, 1.165) is 19.4 Å². The highest BCUT2D eigenvalue weighted by Crippen LogP contribution is 2.19. The van der Waals surface area contributed by atoms with Gasteiger partial charge in [-0.2, -0.15) is 0 Å². The summed E-state index contributed by atoms with van der Waals surface area (Å²) in [5.41, 5.74) is 0. The van der Waals surface area contributed by atoms with Crippen molar-refractivity contribution in [3.05, 3.63) is 23.7 Å². The number of rotatable bonds is 5. The van der Waals surface area contributed by atoms with Gasteiger partial charge in [0.2, 0.25) is 5.78 Å². The van der Waals surface area contributed by atoms with Gasteiger partial charge in [0, 0.05) is 20.1 Å². The lowest BCUT2D eigenvalue weighted by atomic mass is 10.1. The second-order valence-electron chi connectivity index (χ2n) is 3.96. The second kappa shape index (κ2) is 5.27. The van der Waals surface area contributed by atoms with E-state index in [9.17, 15) is 4.79 Å². The predicted octanol–water partition coefficient (Wildman–Crippen LogP) is 2.18. The molecule has 0 saturated carbocycles. The van der Waals surface area contributed by atoms with Crippen molar-refractivity contribution >= 4 is 5.78 Å². The Labute approximate surface area is 94.5 Å². The Kier molecular flexibility index (Phi) is 3.74. The molecule has 0 spiro atoms. The first-order chi connectivity index (χ1) is 7.79. The first-order valence-corrected chi connectivity index (χ1v) is 5.52. The Hall–Kier alpha value is -1.13. The van der Waals surface area contributed by atoms with Crippen molar-refractivity contribution in [1.29, 1.82) is 0 Å². The largest absolute Gasteiger partial charge is 0.456 e. The maximum atomic E-state index is 11.8. The molecule has 2 rings (SSSR count). The van der Waals surface area contributed by atoms with Crippen LogP contribution in [0.1, 0.15) is 35.6 Å². The van der Waals surface area contributed by atoms with Gasteiger partial charge in [0.15, 0.2) is 5.76 Å². The number of methoxy groups -OCH3 is 1. The first kappa shape index (κ1) is 11.4. The van der Waals surface area contributed by atoms with Crippen LogP contribution in [0.25, 0.3) is 0 Å². The molecular formula is C12H16O4. The third kappa shape index (κ3) is 2.71. The van der Waals surface area contributed by atoms with Crippen LogP contribution in [-0.4, -0.2) is 25.6 Å². The van der Waals surface area contributed by atoms with Crippen LogP contribution in [0.5, 0.6) is 0 Å². The summed E-state index contributed by atoms with van der Waals surface area (Å²) in [5.74, 6) is 1.09. The van der Waals surface area contributed by atoms with Crippen molar-refractivity contribution in [2.75, 3.05) is 13.7 Å². The van der Waals surface area contributed by atoms with Crippen LogP contribution in [0.3, 0.4) is 0 Å². The highest BCUT2D eigenvalue weighted by Gasteiger charge is 2.21. The van der Waals surface area contributed by atoms with Crippen molar-refractivity contribution in [3.63, 3.8) is 0 Å². The van der Waals surface area contributed by atoms with Gasteiger partial charge in [-0.05, 0) is 25.0 Å². The summed E-state index contributed by atoms with van der Waals surface area (Å²) in [4.78, 5) is 11.8. The number of ether oxygens (including phenoxy) is 2. The second-order valence-corrected chi connectivity index (χ2v) is 3.96. The zero-order chi connectivity index (χ0) is 11.4. The van der Waals surface area contributed by atoms with Crippen LogP contribution in [0.2, 0.25) is 0 Å². The van der Waals surface area contributed by atoms with E-state index in [1.54, 1.807) is 19.2 Å². The van der Waals surface area contributed by atoms with Gasteiger partial charge < -0.3 is 13.9 Å². The number of carbonyl (C=O) groups is 1. The van der Waals surface area contributed by atoms with Crippen molar-refractivity contribution in [1.82, 2.24) is 0 Å². The van der Waals surface area contributed by atoms with Crippen LogP contribution in [0.15, 0.2) is 16.5 Å². The minimum absolute atomic E-state index is 0.00857. The average Bonchev–Trinajstić information content (AvgIpc) is 2.89. The number of carbonyl (C=O) groups excluding carboxylic acids is 1. The predicted molar refractivity (Wildman–Crippen MR) is 57.3 cm³/mol. The Balaban J connectivity index is 1.91. The third-order valence-corrected chi connectivity index (χ3v) is 2.66. The fourth-order valence-corrected chi connectivity index (χ4v) is 1.86. The van der Waals surface area contributed by atoms with Crippen LogP contribution < -0.4 is 0 Å². The van der Waals surface area contributed by atoms with E-state index >= 15 is 0 Å². The lowest BCUT2D eigenvalue weighted by molar-refractivity contribution is 0.0748. The van der Waals surface area contributed by atoms with Gasteiger partial charge >= 0.3 is 0 Å². The molecule has 0 N–H and O–H groups in total. The van der Waals surface area contributed by atoms with E-state index in [4.69, 9.17) is 13.9 Å². The molecule has 0 aromatic carbocycles. The van der Waals surface area contributed by atoms with E-state index < -0.39 is 0 Å². The number of furan rings is 1. The van der Waals surface area contributed by atoms with E-state index in [2.05, 4.69) is 0 Å². The molecule has 0 amide bonds. The molecule has 2 heterocycles. The fraction of sp³-hybridized carbons (Fsp3) is 0.583. The van der Waals surface area contributed by atoms with Crippen LogP contribution >= 0.6 is 0 Å². The molecule has 1 saturated heterocycles. The maximum Gasteiger partial charge on any atom is 0.200 e. The molecule has 1 aliphatic rings. The van der Waals surface area contributed by atoms with Crippen molar-refractivity contribution in [2.45, 2.75) is 32.0 Å². The Bertz CT molecular complexity index is 350. The van der Waals surface area contributed by atoms with Crippen molar-refractivity contribution < 1.29 is 18.7 Å². The summed E-state index contributed by atoms with van der Waals surface area (Å²) in [5, 5.41) is 0. The van der Waals surface area contributed by atoms with Gasteiger partial charge in [-0.15, -0.1) is 0 Å². The lowest BCUT2D eigenvalue weighted by Gasteiger charge is -2.05. The highest BCUT2D eigenvalue weighted by molar-refractivity contribution is 5.93. The van der Waals surface area contributed by atoms with Crippen LogP contribution in [0, 0.1) is 0 Å². The standard InChI is InChI=1S/C12H16O4/c1-14-8-10-4-5-12(16-10)11(13)7-9-3-2-6-15-9/h4-5,9H,2-3,6-8H2,1H3. The summed E-state index contributed by atoms with van der Waals surface area (Å²) in [7, 11) is 1.59. The molecule has 1 unspecified atom stereocenters. The van der Waals surface area contributed by atoms with E-state index in [1.807, 2.05) is 0 Å². The molecule has 88 valence electrons. The van der Waals surface area contributed by atoms with Crippen molar-refractivity contribution in [3.8, 4) is 0 Å². The molecule has 1 atom stereocenters. The summed E-state index contributed by atoms with van der Waals surface area (Å²) in [6.45, 7) is 1.16. The Morgan fingerprint density at radius 1 is 1.56 bits per heavy atom. The van der Waals surface area contributed by atoms with Gasteiger partial charge in [-0.3, -0.25) is 4.79 Å². The SMILES string of the molecule is COCc1ccc(C(=O)CC2CCCO2)o1. The minimum Gasteiger partial charge on any atom is -0.456 e. The molecule has 1 aliphatic heterocycles. The van der Waals surface area contributed by atoms with Gasteiger partial charge in [0.1, 0.15) is 12.4 Å². The van der Waals surface area contributed by atoms with E-state index in [0.29, 0.717) is 24.5 Å². The quantitative estimate of drug-likeness (QED) is 0.719. The van der Waals surface area contributed by atoms with Gasteiger partial charge in [0.05, 0.1) is 6.10 Å². The Morgan fingerprint density at radius 3 is 3.12 bits per heavy atom. The molecular weight excluding hydrogens is 208 g/mol. The summed E-state index contributed by atoms with van der Waals surface area (Å²) >= 11 is 0. The molecule has 1 aromatic heterocycles. The zero-order valence-corrected chi connectivity index (χ0v) is 9.40. The average molecular weight is 224 g/mol. The minimum atomic E-state index is 0.00857. The molecule has 1 fully saturated rings. The van der Waals surface area contributed by atoms with Crippen molar-refractivity contribution in [2.24, 2.45) is 0 Å². The van der Waals surface area contributed by atoms with Crippen LogP contribution in [0.4, 0.5) is 0 Å². The topological polar surface area (TPSA) is 48.7 Å². The van der Waals surface area contributed by atoms with Gasteiger partial charge in [-0.1, -0.05) is 0 Å². The molecule has 16 heavy (non-hydrogen) atoms. The normalized spacial score (nSPS) is 20.2. The third-order valence-electron chi connectivity index (χ3n) is 2.66. The summed E-state index contributed by atoms with van der Waals surface area (Å²) in [6, 6.07) is 3.47. The number of Topliss-reactive ketones (excluding diaryl/α,β-unsaturated/α-hetero) is 1. The first-order valence-electron chi connectivity index (χ1n) is 5.52. The molecule has 1 aromatic rings. The molecule has 0 bridgehead atoms. The molecule has 0 radical (unpaired) electrons. The molecule has 0 aliphatic carbocycles. The monoisotopic (exact) mass is 224 g/mol. The van der Waals surface area contributed by atoms with E-state index in [1.165, 1.54) is 0 Å². The number of ketones is 1. The number of hydrogen-bond donors (Lipinski definition) is 0. The van der Waals surface area contributed by atoms with Crippen LogP contribution in [-0.2, 0) is 16.1 Å². The summed E-state index contributed by atoms with van der Waals surface area (Å²) < 4.78 is 15.7. The van der Waals surface area contributed by atoms with Gasteiger partial charge in [0.25, 0.3) is 0 Å². The smallest absolute Gasteiger partial charge is 0.200 e.